The molecular formula is C12H21NO2. The Kier molecular flexibility index (Phi) is 7.86. The Hall–Kier alpha value is -0.930. The normalized spacial score (nSPS) is 18.3. The van der Waals surface area contributed by atoms with Gasteiger partial charge in [-0.3, -0.25) is 0 Å². The van der Waals surface area contributed by atoms with Gasteiger partial charge >= 0.3 is 0 Å². The Balaban J connectivity index is 0.000000921. The average Bonchev–Trinajstić information content (AvgIpc) is 2.33. The lowest BCUT2D eigenvalue weighted by molar-refractivity contribution is -0.109. The molecule has 0 heterocycles. The third kappa shape index (κ3) is 4.40. The minimum Gasteiger partial charge on any atom is -0.400 e. The maximum atomic E-state index is 10.6. The first kappa shape index (κ1) is 14.1. The number of aliphatic hydroxyl groups excluding tert-OH is 1. The van der Waals surface area contributed by atoms with Gasteiger partial charge in [-0.1, -0.05) is 25.2 Å². The van der Waals surface area contributed by atoms with Crippen LogP contribution in [0.2, 0.25) is 0 Å². The van der Waals surface area contributed by atoms with Gasteiger partial charge in [0.1, 0.15) is 6.29 Å². The summed E-state index contributed by atoms with van der Waals surface area (Å²) in [6, 6.07) is -0.348. The molecule has 0 saturated carbocycles. The highest BCUT2D eigenvalue weighted by atomic mass is 16.2. The Morgan fingerprint density at radius 1 is 1.53 bits per heavy atom. The zero-order valence-electron chi connectivity index (χ0n) is 9.52. The van der Waals surface area contributed by atoms with E-state index in [4.69, 9.17) is 10.8 Å². The summed E-state index contributed by atoms with van der Waals surface area (Å²) in [7, 11) is 1.00. The highest BCUT2D eigenvalue weighted by molar-refractivity contribution is 5.59. The van der Waals surface area contributed by atoms with Gasteiger partial charge in [0.15, 0.2) is 0 Å². The van der Waals surface area contributed by atoms with E-state index >= 15 is 0 Å². The molecule has 0 amide bonds. The summed E-state index contributed by atoms with van der Waals surface area (Å²) < 4.78 is 0. The molecule has 0 saturated heterocycles. The van der Waals surface area contributed by atoms with Crippen molar-refractivity contribution < 1.29 is 9.90 Å². The largest absolute Gasteiger partial charge is 0.400 e. The quantitative estimate of drug-likeness (QED) is 0.691. The zero-order chi connectivity index (χ0) is 11.7. The van der Waals surface area contributed by atoms with Crippen LogP contribution < -0.4 is 5.73 Å². The molecule has 0 aromatic heterocycles. The smallest absolute Gasteiger partial charge is 0.137 e. The molecule has 0 fully saturated rings. The molecule has 3 N–H and O–H groups in total. The maximum absolute atomic E-state index is 10.6. The number of carbonyl (C=O) groups excluding carboxylic acids is 1. The number of aldehydes is 1. The van der Waals surface area contributed by atoms with Crippen molar-refractivity contribution in [2.75, 3.05) is 7.11 Å². The van der Waals surface area contributed by atoms with Crippen molar-refractivity contribution in [2.24, 2.45) is 11.7 Å². The van der Waals surface area contributed by atoms with Crippen LogP contribution in [0.3, 0.4) is 0 Å². The van der Waals surface area contributed by atoms with Crippen molar-refractivity contribution in [1.82, 2.24) is 0 Å². The van der Waals surface area contributed by atoms with Gasteiger partial charge in [-0.15, -0.1) is 0 Å². The molecule has 2 atom stereocenters. The van der Waals surface area contributed by atoms with Crippen molar-refractivity contribution >= 4 is 6.29 Å². The lowest BCUT2D eigenvalue weighted by Gasteiger charge is -2.21. The molecule has 1 aliphatic rings. The minimum absolute atomic E-state index is 0.203. The van der Waals surface area contributed by atoms with Crippen molar-refractivity contribution in [2.45, 2.75) is 32.2 Å². The lowest BCUT2D eigenvalue weighted by Crippen LogP contribution is -2.32. The SMILES string of the molecule is CCC(C1=CCCC=C1)C(N)C=O.CO. The molecule has 3 heteroatoms. The first-order valence-corrected chi connectivity index (χ1v) is 5.31. The molecule has 1 aliphatic carbocycles. The number of carbonyl (C=O) groups is 1. The van der Waals surface area contributed by atoms with Crippen LogP contribution in [0.5, 0.6) is 0 Å². The van der Waals surface area contributed by atoms with E-state index in [0.717, 1.165) is 32.7 Å². The monoisotopic (exact) mass is 211 g/mol. The average molecular weight is 211 g/mol. The van der Waals surface area contributed by atoms with Gasteiger partial charge in [0.25, 0.3) is 0 Å². The van der Waals surface area contributed by atoms with Gasteiger partial charge in [-0.25, -0.2) is 0 Å². The standard InChI is InChI=1S/C11H17NO.CH4O/c1-2-10(11(12)8-13)9-6-4-3-5-7-9;1-2/h4,6-8,10-11H,2-3,5,12H2,1H3;2H,1H3. The molecule has 3 nitrogen and oxygen atoms in total. The van der Waals surface area contributed by atoms with Crippen LogP contribution in [0.1, 0.15) is 26.2 Å². The van der Waals surface area contributed by atoms with Crippen molar-refractivity contribution in [3.05, 3.63) is 23.8 Å². The summed E-state index contributed by atoms with van der Waals surface area (Å²) in [4.78, 5) is 10.6. The van der Waals surface area contributed by atoms with E-state index in [1.807, 2.05) is 0 Å². The maximum Gasteiger partial charge on any atom is 0.137 e. The second kappa shape index (κ2) is 8.38. The van der Waals surface area contributed by atoms with E-state index in [9.17, 15) is 4.79 Å². The topological polar surface area (TPSA) is 63.3 Å². The van der Waals surface area contributed by atoms with E-state index in [0.29, 0.717) is 0 Å². The molecule has 1 rings (SSSR count). The van der Waals surface area contributed by atoms with E-state index in [2.05, 4.69) is 25.2 Å². The van der Waals surface area contributed by atoms with E-state index < -0.39 is 0 Å². The Labute approximate surface area is 91.7 Å². The second-order valence-corrected chi connectivity index (χ2v) is 3.41. The van der Waals surface area contributed by atoms with Gasteiger partial charge in [-0.05, 0) is 24.8 Å². The second-order valence-electron chi connectivity index (χ2n) is 3.41. The van der Waals surface area contributed by atoms with Gasteiger partial charge in [0.05, 0.1) is 6.04 Å². The molecule has 0 aromatic carbocycles. The summed E-state index contributed by atoms with van der Waals surface area (Å²) in [6.07, 6.45) is 10.4. The summed E-state index contributed by atoms with van der Waals surface area (Å²) >= 11 is 0. The zero-order valence-corrected chi connectivity index (χ0v) is 9.52. The molecule has 0 bridgehead atoms. The van der Waals surface area contributed by atoms with Crippen LogP contribution in [0.4, 0.5) is 0 Å². The fraction of sp³-hybridized carbons (Fsp3) is 0.583. The number of hydrogen-bond donors (Lipinski definition) is 2. The molecule has 15 heavy (non-hydrogen) atoms. The minimum atomic E-state index is -0.348. The fourth-order valence-corrected chi connectivity index (χ4v) is 1.73. The first-order valence-electron chi connectivity index (χ1n) is 5.31. The molecule has 0 aliphatic heterocycles. The predicted molar refractivity (Wildman–Crippen MR) is 62.4 cm³/mol. The summed E-state index contributed by atoms with van der Waals surface area (Å²) in [6.45, 7) is 2.07. The number of nitrogens with two attached hydrogens (primary N) is 1. The van der Waals surface area contributed by atoms with E-state index in [-0.39, 0.29) is 12.0 Å². The van der Waals surface area contributed by atoms with Crippen LogP contribution in [-0.4, -0.2) is 24.5 Å². The summed E-state index contributed by atoms with van der Waals surface area (Å²) in [5.41, 5.74) is 6.95. The van der Waals surface area contributed by atoms with Crippen LogP contribution in [0.15, 0.2) is 23.8 Å². The third-order valence-corrected chi connectivity index (χ3v) is 2.51. The highest BCUT2D eigenvalue weighted by Crippen LogP contribution is 2.22. The lowest BCUT2D eigenvalue weighted by atomic mass is 9.87. The van der Waals surface area contributed by atoms with Crippen molar-refractivity contribution in [1.29, 1.82) is 0 Å². The van der Waals surface area contributed by atoms with Gasteiger partial charge in [0, 0.05) is 13.0 Å². The van der Waals surface area contributed by atoms with Crippen molar-refractivity contribution in [3.8, 4) is 0 Å². The first-order chi connectivity index (χ1) is 7.29. The number of allylic oxidation sites excluding steroid dienone is 3. The van der Waals surface area contributed by atoms with Crippen molar-refractivity contribution in [3.63, 3.8) is 0 Å². The predicted octanol–water partition coefficient (Wildman–Crippen LogP) is 1.42. The summed E-state index contributed by atoms with van der Waals surface area (Å²) in [5, 5.41) is 7.00. The molecular weight excluding hydrogens is 190 g/mol. The summed E-state index contributed by atoms with van der Waals surface area (Å²) in [5.74, 6) is 0.203. The molecule has 0 spiro atoms. The van der Waals surface area contributed by atoms with E-state index in [1.165, 1.54) is 5.57 Å². The number of rotatable bonds is 4. The fourth-order valence-electron chi connectivity index (χ4n) is 1.73. The van der Waals surface area contributed by atoms with Crippen LogP contribution in [0, 0.1) is 5.92 Å². The Morgan fingerprint density at radius 2 is 2.20 bits per heavy atom. The number of aliphatic hydroxyl groups is 1. The Morgan fingerprint density at radius 3 is 2.60 bits per heavy atom. The number of hydrogen-bond acceptors (Lipinski definition) is 3. The molecule has 2 unspecified atom stereocenters. The van der Waals surface area contributed by atoms with Gasteiger partial charge in [0.2, 0.25) is 0 Å². The van der Waals surface area contributed by atoms with Crippen LogP contribution in [0.25, 0.3) is 0 Å². The van der Waals surface area contributed by atoms with Crippen LogP contribution >= 0.6 is 0 Å². The molecule has 0 radical (unpaired) electrons. The van der Waals surface area contributed by atoms with E-state index in [1.54, 1.807) is 0 Å². The molecule has 86 valence electrons. The Bertz CT molecular complexity index is 234. The third-order valence-electron chi connectivity index (χ3n) is 2.51. The van der Waals surface area contributed by atoms with Gasteiger partial charge in [-0.2, -0.15) is 0 Å². The molecule has 0 aromatic rings. The highest BCUT2D eigenvalue weighted by Gasteiger charge is 2.18. The van der Waals surface area contributed by atoms with Gasteiger partial charge < -0.3 is 15.6 Å². The van der Waals surface area contributed by atoms with Crippen LogP contribution in [-0.2, 0) is 4.79 Å².